The summed E-state index contributed by atoms with van der Waals surface area (Å²) in [5.74, 6) is -0.499. The van der Waals surface area contributed by atoms with Crippen LogP contribution >= 0.6 is 11.3 Å². The standard InChI is InChI=1S/C7H9N3OS/c1-3-4(7(10)11)2-12-5(3)6(8)9/h2H,1H3,(H3,8,9)(H2,10,11). The smallest absolute Gasteiger partial charge is 0.249 e. The highest BCUT2D eigenvalue weighted by Gasteiger charge is 2.12. The normalized spacial score (nSPS) is 9.75. The fraction of sp³-hybridized carbons (Fsp3) is 0.143. The molecule has 0 saturated carbocycles. The van der Waals surface area contributed by atoms with Gasteiger partial charge in [0.1, 0.15) is 5.84 Å². The van der Waals surface area contributed by atoms with Gasteiger partial charge in [0.2, 0.25) is 5.91 Å². The van der Waals surface area contributed by atoms with Crippen LogP contribution in [0.2, 0.25) is 0 Å². The minimum Gasteiger partial charge on any atom is -0.383 e. The number of hydrogen-bond acceptors (Lipinski definition) is 3. The van der Waals surface area contributed by atoms with E-state index in [-0.39, 0.29) is 5.84 Å². The first kappa shape index (κ1) is 8.73. The molecule has 0 radical (unpaired) electrons. The van der Waals surface area contributed by atoms with E-state index in [4.69, 9.17) is 16.9 Å². The quantitative estimate of drug-likeness (QED) is 0.458. The van der Waals surface area contributed by atoms with Crippen LogP contribution in [-0.2, 0) is 0 Å². The molecular formula is C7H9N3OS. The van der Waals surface area contributed by atoms with E-state index in [0.717, 1.165) is 0 Å². The second-order valence-corrected chi connectivity index (χ2v) is 3.26. The Morgan fingerprint density at radius 3 is 2.42 bits per heavy atom. The van der Waals surface area contributed by atoms with Crippen molar-refractivity contribution in [3.63, 3.8) is 0 Å². The molecule has 0 saturated heterocycles. The summed E-state index contributed by atoms with van der Waals surface area (Å²) in [5, 5.41) is 8.79. The lowest BCUT2D eigenvalue weighted by molar-refractivity contribution is 0.1000. The molecule has 0 fully saturated rings. The van der Waals surface area contributed by atoms with E-state index in [9.17, 15) is 4.79 Å². The fourth-order valence-corrected chi connectivity index (χ4v) is 1.87. The summed E-state index contributed by atoms with van der Waals surface area (Å²) in [6.07, 6.45) is 0. The number of amidine groups is 1. The van der Waals surface area contributed by atoms with Gasteiger partial charge in [-0.25, -0.2) is 0 Å². The first-order valence-corrected chi connectivity index (χ1v) is 4.14. The number of hydrogen-bond donors (Lipinski definition) is 3. The van der Waals surface area contributed by atoms with Gasteiger partial charge in [-0.1, -0.05) is 0 Å². The number of amides is 1. The van der Waals surface area contributed by atoms with Crippen LogP contribution in [0.4, 0.5) is 0 Å². The maximum atomic E-state index is 10.8. The molecule has 4 nitrogen and oxygen atoms in total. The molecular weight excluding hydrogens is 174 g/mol. The second kappa shape index (κ2) is 2.94. The number of primary amides is 1. The molecule has 1 aromatic rings. The minimum absolute atomic E-state index is 0.0231. The van der Waals surface area contributed by atoms with Gasteiger partial charge in [-0.15, -0.1) is 11.3 Å². The van der Waals surface area contributed by atoms with Crippen LogP contribution in [0.3, 0.4) is 0 Å². The Bertz CT molecular complexity index is 311. The van der Waals surface area contributed by atoms with Crippen molar-refractivity contribution in [2.24, 2.45) is 11.5 Å². The molecule has 12 heavy (non-hydrogen) atoms. The third kappa shape index (κ3) is 1.31. The molecule has 0 aromatic carbocycles. The van der Waals surface area contributed by atoms with Gasteiger partial charge in [0.05, 0.1) is 10.4 Å². The largest absolute Gasteiger partial charge is 0.383 e. The van der Waals surface area contributed by atoms with Crippen LogP contribution in [0, 0.1) is 12.3 Å². The second-order valence-electron chi connectivity index (χ2n) is 2.38. The van der Waals surface area contributed by atoms with Gasteiger partial charge < -0.3 is 11.5 Å². The van der Waals surface area contributed by atoms with Crippen LogP contribution in [0.25, 0.3) is 0 Å². The van der Waals surface area contributed by atoms with Gasteiger partial charge >= 0.3 is 0 Å². The number of carbonyl (C=O) groups excluding carboxylic acids is 1. The van der Waals surface area contributed by atoms with E-state index < -0.39 is 5.91 Å². The van der Waals surface area contributed by atoms with Gasteiger partial charge in [-0.3, -0.25) is 10.2 Å². The summed E-state index contributed by atoms with van der Waals surface area (Å²) in [5.41, 5.74) is 11.5. The highest BCUT2D eigenvalue weighted by atomic mass is 32.1. The van der Waals surface area contributed by atoms with Crippen molar-refractivity contribution in [3.05, 3.63) is 21.4 Å². The van der Waals surface area contributed by atoms with E-state index in [0.29, 0.717) is 16.0 Å². The number of thiophene rings is 1. The Kier molecular flexibility index (Phi) is 2.14. The van der Waals surface area contributed by atoms with E-state index in [1.165, 1.54) is 11.3 Å². The number of nitrogens with one attached hydrogen (secondary N) is 1. The summed E-state index contributed by atoms with van der Waals surface area (Å²) < 4.78 is 0. The lowest BCUT2D eigenvalue weighted by atomic mass is 10.1. The summed E-state index contributed by atoms with van der Waals surface area (Å²) in [6.45, 7) is 1.73. The van der Waals surface area contributed by atoms with E-state index in [1.54, 1.807) is 12.3 Å². The van der Waals surface area contributed by atoms with Crippen molar-refractivity contribution in [1.29, 1.82) is 5.41 Å². The molecule has 0 aliphatic heterocycles. The van der Waals surface area contributed by atoms with E-state index in [2.05, 4.69) is 0 Å². The summed E-state index contributed by atoms with van der Waals surface area (Å²) >= 11 is 1.26. The average molecular weight is 183 g/mol. The maximum Gasteiger partial charge on any atom is 0.249 e. The zero-order valence-corrected chi connectivity index (χ0v) is 7.37. The van der Waals surface area contributed by atoms with Crippen LogP contribution in [0.1, 0.15) is 20.8 Å². The highest BCUT2D eigenvalue weighted by Crippen LogP contribution is 2.20. The zero-order chi connectivity index (χ0) is 9.30. The van der Waals surface area contributed by atoms with Crippen LogP contribution in [-0.4, -0.2) is 11.7 Å². The van der Waals surface area contributed by atoms with Crippen molar-refractivity contribution in [2.75, 3.05) is 0 Å². The molecule has 1 rings (SSSR count). The molecule has 0 bridgehead atoms. The first-order chi connectivity index (χ1) is 5.54. The Balaban J connectivity index is 3.22. The Morgan fingerprint density at radius 2 is 2.17 bits per heavy atom. The molecule has 1 aromatic heterocycles. The predicted molar refractivity (Wildman–Crippen MR) is 48.6 cm³/mol. The highest BCUT2D eigenvalue weighted by molar-refractivity contribution is 7.12. The number of carbonyl (C=O) groups is 1. The SMILES string of the molecule is Cc1c(C(N)=O)csc1C(=N)N. The van der Waals surface area contributed by atoms with Crippen molar-refractivity contribution in [2.45, 2.75) is 6.92 Å². The molecule has 0 aliphatic rings. The predicted octanol–water partition coefficient (Wildman–Crippen LogP) is 0.439. The van der Waals surface area contributed by atoms with Gasteiger partial charge in [-0.05, 0) is 12.5 Å². The molecule has 5 N–H and O–H groups in total. The average Bonchev–Trinajstić information content (AvgIpc) is 2.30. The van der Waals surface area contributed by atoms with Crippen molar-refractivity contribution >= 4 is 23.1 Å². The molecule has 1 amide bonds. The zero-order valence-electron chi connectivity index (χ0n) is 6.55. The Hall–Kier alpha value is -1.36. The third-order valence-corrected chi connectivity index (χ3v) is 2.66. The first-order valence-electron chi connectivity index (χ1n) is 3.26. The fourth-order valence-electron chi connectivity index (χ4n) is 0.925. The topological polar surface area (TPSA) is 93.0 Å². The van der Waals surface area contributed by atoms with Crippen LogP contribution in [0.15, 0.2) is 5.38 Å². The Labute approximate surface area is 73.7 Å². The van der Waals surface area contributed by atoms with Gasteiger partial charge in [0, 0.05) is 5.38 Å². The molecule has 0 atom stereocenters. The molecule has 64 valence electrons. The molecule has 0 spiro atoms. The van der Waals surface area contributed by atoms with Crippen molar-refractivity contribution in [1.82, 2.24) is 0 Å². The van der Waals surface area contributed by atoms with Gasteiger partial charge in [0.25, 0.3) is 0 Å². The molecule has 5 heteroatoms. The van der Waals surface area contributed by atoms with Crippen LogP contribution in [0.5, 0.6) is 0 Å². The van der Waals surface area contributed by atoms with Crippen LogP contribution < -0.4 is 11.5 Å². The van der Waals surface area contributed by atoms with E-state index in [1.807, 2.05) is 0 Å². The molecule has 0 aliphatic carbocycles. The maximum absolute atomic E-state index is 10.8. The van der Waals surface area contributed by atoms with Crippen molar-refractivity contribution < 1.29 is 4.79 Å². The van der Waals surface area contributed by atoms with Crippen molar-refractivity contribution in [3.8, 4) is 0 Å². The number of rotatable bonds is 2. The van der Waals surface area contributed by atoms with E-state index >= 15 is 0 Å². The summed E-state index contributed by atoms with van der Waals surface area (Å²) in [7, 11) is 0. The van der Waals surface area contributed by atoms with Gasteiger partial charge in [0.15, 0.2) is 0 Å². The van der Waals surface area contributed by atoms with Gasteiger partial charge in [-0.2, -0.15) is 0 Å². The third-order valence-electron chi connectivity index (χ3n) is 1.55. The summed E-state index contributed by atoms with van der Waals surface area (Å²) in [6, 6.07) is 0. The number of nitrogens with two attached hydrogens (primary N) is 2. The lowest BCUT2D eigenvalue weighted by Crippen LogP contribution is -2.14. The lowest BCUT2D eigenvalue weighted by Gasteiger charge is -1.95. The summed E-state index contributed by atoms with van der Waals surface area (Å²) in [4.78, 5) is 11.4. The minimum atomic E-state index is -0.476. The Morgan fingerprint density at radius 1 is 1.58 bits per heavy atom. The molecule has 0 unspecified atom stereocenters. The molecule has 1 heterocycles. The monoisotopic (exact) mass is 183 g/mol. The number of nitrogen functional groups attached to an aromatic ring is 1.